The van der Waals surface area contributed by atoms with E-state index >= 15 is 0 Å². The molecule has 1 fully saturated rings. The van der Waals surface area contributed by atoms with Crippen LogP contribution in [-0.2, 0) is 4.79 Å². The van der Waals surface area contributed by atoms with Crippen LogP contribution in [0.15, 0.2) is 12.2 Å². The van der Waals surface area contributed by atoms with Crippen LogP contribution in [0.4, 0.5) is 0 Å². The van der Waals surface area contributed by atoms with Crippen molar-refractivity contribution in [3.8, 4) is 0 Å². The van der Waals surface area contributed by atoms with Crippen molar-refractivity contribution >= 4 is 17.7 Å². The van der Waals surface area contributed by atoms with E-state index in [0.29, 0.717) is 5.37 Å². The molecule has 12 heavy (non-hydrogen) atoms. The Kier molecular flexibility index (Phi) is 2.40. The highest BCUT2D eigenvalue weighted by Crippen LogP contribution is 2.28. The van der Waals surface area contributed by atoms with Gasteiger partial charge in [0.15, 0.2) is 0 Å². The second kappa shape index (κ2) is 3.52. The Labute approximate surface area is 77.0 Å². The Morgan fingerprint density at radius 2 is 2.42 bits per heavy atom. The van der Waals surface area contributed by atoms with Crippen molar-refractivity contribution in [3.05, 3.63) is 12.2 Å². The van der Waals surface area contributed by atoms with E-state index in [-0.39, 0.29) is 5.91 Å². The molecule has 1 amide bonds. The Bertz CT molecular complexity index is 215. The first-order valence-corrected chi connectivity index (χ1v) is 5.51. The quantitative estimate of drug-likeness (QED) is 0.569. The third-order valence-corrected chi connectivity index (χ3v) is 3.64. The first kappa shape index (κ1) is 8.17. The fraction of sp³-hybridized carbons (Fsp3) is 0.667. The van der Waals surface area contributed by atoms with Crippen LogP contribution in [0.5, 0.6) is 0 Å². The Hall–Kier alpha value is -0.440. The highest BCUT2D eigenvalue weighted by Gasteiger charge is 2.26. The van der Waals surface area contributed by atoms with Gasteiger partial charge in [0.05, 0.1) is 5.37 Å². The predicted molar refractivity (Wildman–Crippen MR) is 51.0 cm³/mol. The lowest BCUT2D eigenvalue weighted by Gasteiger charge is -2.33. The normalized spacial score (nSPS) is 29.8. The SMILES string of the molecule is O=C1C=CCSC2CCCCN12. The number of piperidine rings is 1. The minimum atomic E-state index is 0.213. The number of fused-ring (bicyclic) bond motifs is 1. The van der Waals surface area contributed by atoms with Crippen molar-refractivity contribution in [1.82, 2.24) is 4.90 Å². The van der Waals surface area contributed by atoms with Crippen LogP contribution in [0, 0.1) is 0 Å². The molecule has 1 saturated heterocycles. The van der Waals surface area contributed by atoms with Gasteiger partial charge in [-0.1, -0.05) is 6.08 Å². The van der Waals surface area contributed by atoms with E-state index < -0.39 is 0 Å². The summed E-state index contributed by atoms with van der Waals surface area (Å²) in [4.78, 5) is 13.5. The van der Waals surface area contributed by atoms with Crippen LogP contribution in [0.25, 0.3) is 0 Å². The second-order valence-corrected chi connectivity index (χ2v) is 4.43. The molecule has 66 valence electrons. The zero-order valence-corrected chi connectivity index (χ0v) is 7.85. The molecule has 2 rings (SSSR count). The molecule has 0 spiro atoms. The van der Waals surface area contributed by atoms with Gasteiger partial charge in [0.2, 0.25) is 5.91 Å². The average molecular weight is 183 g/mol. The van der Waals surface area contributed by atoms with Gasteiger partial charge < -0.3 is 4.90 Å². The molecule has 2 nitrogen and oxygen atoms in total. The molecule has 3 heteroatoms. The second-order valence-electron chi connectivity index (χ2n) is 3.22. The van der Waals surface area contributed by atoms with Gasteiger partial charge >= 0.3 is 0 Å². The fourth-order valence-corrected chi connectivity index (χ4v) is 2.89. The highest BCUT2D eigenvalue weighted by atomic mass is 32.2. The summed E-state index contributed by atoms with van der Waals surface area (Å²) in [6.07, 6.45) is 7.33. The molecule has 0 radical (unpaired) electrons. The summed E-state index contributed by atoms with van der Waals surface area (Å²) in [6.45, 7) is 0.959. The standard InChI is InChI=1S/C9H13NOS/c11-8-4-3-7-12-9-5-1-2-6-10(8)9/h3-4,9H,1-2,5-7H2. The van der Waals surface area contributed by atoms with E-state index in [9.17, 15) is 4.79 Å². The van der Waals surface area contributed by atoms with E-state index in [2.05, 4.69) is 0 Å². The minimum absolute atomic E-state index is 0.213. The molecule has 0 N–H and O–H groups in total. The van der Waals surface area contributed by atoms with Crippen molar-refractivity contribution < 1.29 is 4.79 Å². The molecular formula is C9H13NOS. The van der Waals surface area contributed by atoms with E-state index in [1.165, 1.54) is 19.3 Å². The van der Waals surface area contributed by atoms with Crippen LogP contribution in [0.2, 0.25) is 0 Å². The lowest BCUT2D eigenvalue weighted by Crippen LogP contribution is -2.40. The molecule has 0 aromatic carbocycles. The monoisotopic (exact) mass is 183 g/mol. The van der Waals surface area contributed by atoms with Crippen molar-refractivity contribution in [2.24, 2.45) is 0 Å². The molecule has 1 unspecified atom stereocenters. The number of carbonyl (C=O) groups excluding carboxylic acids is 1. The van der Waals surface area contributed by atoms with Crippen LogP contribution in [-0.4, -0.2) is 28.5 Å². The first-order valence-electron chi connectivity index (χ1n) is 4.47. The molecule has 0 saturated carbocycles. The van der Waals surface area contributed by atoms with E-state index in [1.807, 2.05) is 22.7 Å². The molecule has 2 aliphatic heterocycles. The summed E-state index contributed by atoms with van der Waals surface area (Å²) in [5.41, 5.74) is 0. The van der Waals surface area contributed by atoms with Crippen molar-refractivity contribution in [1.29, 1.82) is 0 Å². The summed E-state index contributed by atoms with van der Waals surface area (Å²) in [7, 11) is 0. The summed E-state index contributed by atoms with van der Waals surface area (Å²) in [6, 6.07) is 0. The third-order valence-electron chi connectivity index (χ3n) is 2.38. The number of rotatable bonds is 0. The van der Waals surface area contributed by atoms with Gasteiger partial charge in [0.1, 0.15) is 0 Å². The van der Waals surface area contributed by atoms with Gasteiger partial charge in [0, 0.05) is 12.3 Å². The van der Waals surface area contributed by atoms with Gasteiger partial charge in [-0.25, -0.2) is 0 Å². The first-order chi connectivity index (χ1) is 5.88. The fourth-order valence-electron chi connectivity index (χ4n) is 1.74. The summed E-state index contributed by atoms with van der Waals surface area (Å²) < 4.78 is 0. The molecule has 0 aromatic rings. The van der Waals surface area contributed by atoms with Crippen LogP contribution < -0.4 is 0 Å². The lowest BCUT2D eigenvalue weighted by atomic mass is 10.1. The number of hydrogen-bond acceptors (Lipinski definition) is 2. The Balaban J connectivity index is 2.12. The molecule has 2 heterocycles. The zero-order valence-electron chi connectivity index (χ0n) is 7.03. The van der Waals surface area contributed by atoms with E-state index in [4.69, 9.17) is 0 Å². The minimum Gasteiger partial charge on any atom is -0.327 e. The maximum atomic E-state index is 11.5. The number of amides is 1. The molecule has 0 aromatic heterocycles. The number of nitrogens with zero attached hydrogens (tertiary/aromatic N) is 1. The molecular weight excluding hydrogens is 170 g/mol. The summed E-state index contributed by atoms with van der Waals surface area (Å²) in [5, 5.41) is 0.459. The van der Waals surface area contributed by atoms with Crippen molar-refractivity contribution in [3.63, 3.8) is 0 Å². The van der Waals surface area contributed by atoms with E-state index in [1.54, 1.807) is 6.08 Å². The predicted octanol–water partition coefficient (Wildman–Crippen LogP) is 1.63. The van der Waals surface area contributed by atoms with Gasteiger partial charge in [-0.2, -0.15) is 0 Å². The van der Waals surface area contributed by atoms with Gasteiger partial charge in [-0.3, -0.25) is 4.79 Å². The molecule has 2 aliphatic rings. The van der Waals surface area contributed by atoms with Gasteiger partial charge in [0.25, 0.3) is 0 Å². The summed E-state index contributed by atoms with van der Waals surface area (Å²) in [5.74, 6) is 1.21. The van der Waals surface area contributed by atoms with E-state index in [0.717, 1.165) is 12.3 Å². The Morgan fingerprint density at radius 1 is 1.50 bits per heavy atom. The number of thioether (sulfide) groups is 1. The molecule has 0 bridgehead atoms. The summed E-state index contributed by atoms with van der Waals surface area (Å²) >= 11 is 1.89. The van der Waals surface area contributed by atoms with Crippen LogP contribution >= 0.6 is 11.8 Å². The third kappa shape index (κ3) is 1.51. The average Bonchev–Trinajstić information content (AvgIpc) is 2.29. The maximum Gasteiger partial charge on any atom is 0.247 e. The maximum absolute atomic E-state index is 11.5. The van der Waals surface area contributed by atoms with Crippen molar-refractivity contribution in [2.45, 2.75) is 24.6 Å². The smallest absolute Gasteiger partial charge is 0.247 e. The van der Waals surface area contributed by atoms with Gasteiger partial charge in [-0.05, 0) is 25.3 Å². The molecule has 1 atom stereocenters. The lowest BCUT2D eigenvalue weighted by molar-refractivity contribution is -0.127. The van der Waals surface area contributed by atoms with Crippen LogP contribution in [0.1, 0.15) is 19.3 Å². The van der Waals surface area contributed by atoms with Crippen LogP contribution in [0.3, 0.4) is 0 Å². The largest absolute Gasteiger partial charge is 0.327 e. The topological polar surface area (TPSA) is 20.3 Å². The van der Waals surface area contributed by atoms with Crippen molar-refractivity contribution in [2.75, 3.05) is 12.3 Å². The number of carbonyl (C=O) groups is 1. The molecule has 0 aliphatic carbocycles. The van der Waals surface area contributed by atoms with Gasteiger partial charge in [-0.15, -0.1) is 11.8 Å². The highest BCUT2D eigenvalue weighted by molar-refractivity contribution is 8.00. The Morgan fingerprint density at radius 3 is 3.33 bits per heavy atom. The number of hydrogen-bond donors (Lipinski definition) is 0. The zero-order chi connectivity index (χ0) is 8.39.